The number of carbonyl (C=O) groups is 1. The second-order valence-corrected chi connectivity index (χ2v) is 9.28. The van der Waals surface area contributed by atoms with E-state index in [9.17, 15) is 9.18 Å². The molecule has 0 bridgehead atoms. The predicted molar refractivity (Wildman–Crippen MR) is 125 cm³/mol. The van der Waals surface area contributed by atoms with Crippen LogP contribution in [0.1, 0.15) is 38.1 Å². The number of furan rings is 1. The van der Waals surface area contributed by atoms with Crippen LogP contribution in [0, 0.1) is 5.82 Å². The van der Waals surface area contributed by atoms with E-state index in [0.29, 0.717) is 27.9 Å². The first-order chi connectivity index (χ1) is 14.9. The van der Waals surface area contributed by atoms with E-state index in [0.717, 1.165) is 11.2 Å². The minimum absolute atomic E-state index is 0.291. The van der Waals surface area contributed by atoms with Crippen LogP contribution in [-0.4, -0.2) is 45.4 Å². The average molecular weight is 438 g/mol. The third-order valence-electron chi connectivity index (χ3n) is 6.39. The summed E-state index contributed by atoms with van der Waals surface area (Å²) in [4.78, 5) is 14.8. The molecule has 1 aliphatic rings. The third-order valence-corrected chi connectivity index (χ3v) is 6.39. The van der Waals surface area contributed by atoms with Crippen molar-refractivity contribution in [3.63, 3.8) is 0 Å². The van der Waals surface area contributed by atoms with E-state index >= 15 is 0 Å². The Labute approximate surface area is 187 Å². The second kappa shape index (κ2) is 7.64. The van der Waals surface area contributed by atoms with Crippen LogP contribution in [0.15, 0.2) is 40.8 Å². The van der Waals surface area contributed by atoms with Crippen molar-refractivity contribution >= 4 is 35.1 Å². The molecule has 168 valence electrons. The van der Waals surface area contributed by atoms with Gasteiger partial charge in [0.1, 0.15) is 17.2 Å². The lowest BCUT2D eigenvalue weighted by atomic mass is 9.76. The molecule has 0 aliphatic carbocycles. The van der Waals surface area contributed by atoms with Crippen LogP contribution in [0.3, 0.4) is 0 Å². The summed E-state index contributed by atoms with van der Waals surface area (Å²) >= 11 is 0. The molecule has 1 fully saturated rings. The molecular formula is C24H28BFN2O4. The maximum Gasteiger partial charge on any atom is 0.496 e. The zero-order valence-electron chi connectivity index (χ0n) is 19.5. The zero-order valence-corrected chi connectivity index (χ0v) is 19.5. The molecule has 3 aromatic rings. The number of fused-ring (bicyclic) bond motifs is 1. The van der Waals surface area contributed by atoms with E-state index in [1.807, 2.05) is 58.8 Å². The molecule has 0 radical (unpaired) electrons. The Kier molecular flexibility index (Phi) is 5.34. The van der Waals surface area contributed by atoms with Gasteiger partial charge in [0.15, 0.2) is 0 Å². The quantitative estimate of drug-likeness (QED) is 0.625. The van der Waals surface area contributed by atoms with Gasteiger partial charge in [0.2, 0.25) is 0 Å². The summed E-state index contributed by atoms with van der Waals surface area (Å²) in [6.07, 6.45) is 0. The number of carbonyl (C=O) groups excluding carboxylic acids is 1. The Bertz CT molecular complexity index is 1170. The van der Waals surface area contributed by atoms with Crippen molar-refractivity contribution in [3.05, 3.63) is 47.8 Å². The summed E-state index contributed by atoms with van der Waals surface area (Å²) in [5.74, 6) is -0.264. The molecule has 2 aromatic carbocycles. The number of amides is 1. The number of nitrogens with zero attached hydrogens (tertiary/aromatic N) is 1. The molecule has 4 rings (SSSR count). The fourth-order valence-corrected chi connectivity index (χ4v) is 3.85. The highest BCUT2D eigenvalue weighted by molar-refractivity contribution is 6.64. The number of halogens is 1. The van der Waals surface area contributed by atoms with Crippen molar-refractivity contribution in [2.45, 2.75) is 38.9 Å². The minimum Gasteiger partial charge on any atom is -0.455 e. The highest BCUT2D eigenvalue weighted by atomic mass is 19.1. The highest BCUT2D eigenvalue weighted by Crippen LogP contribution is 2.39. The first kappa shape index (κ1) is 22.4. The van der Waals surface area contributed by atoms with E-state index in [2.05, 4.69) is 5.32 Å². The standard InChI is InChI=1S/C24H28BFN2O4/c1-23(2)24(3,4)32-25(31-23)17-12-16-19(13-18(17)28(6)7)30-21(20(16)22(29)27-5)14-8-10-15(26)11-9-14/h8-13H,1-7H3,(H,27,29). The summed E-state index contributed by atoms with van der Waals surface area (Å²) in [7, 11) is 4.82. The molecule has 0 saturated carbocycles. The van der Waals surface area contributed by atoms with Crippen molar-refractivity contribution in [3.8, 4) is 11.3 Å². The van der Waals surface area contributed by atoms with Crippen LogP contribution in [0.5, 0.6) is 0 Å². The molecular weight excluding hydrogens is 410 g/mol. The van der Waals surface area contributed by atoms with E-state index in [4.69, 9.17) is 13.7 Å². The molecule has 2 heterocycles. The van der Waals surface area contributed by atoms with Gasteiger partial charge in [0, 0.05) is 49.3 Å². The highest BCUT2D eigenvalue weighted by Gasteiger charge is 2.52. The summed E-state index contributed by atoms with van der Waals surface area (Å²) in [5.41, 5.74) is 2.20. The SMILES string of the molecule is CNC(=O)c1c(-c2ccc(F)cc2)oc2cc(N(C)C)c(B3OC(C)(C)C(C)(C)O3)cc12. The topological polar surface area (TPSA) is 63.9 Å². The Morgan fingerprint density at radius 3 is 2.16 bits per heavy atom. The maximum atomic E-state index is 13.5. The molecule has 0 atom stereocenters. The number of rotatable bonds is 4. The van der Waals surface area contributed by atoms with Crippen LogP contribution in [0.25, 0.3) is 22.3 Å². The van der Waals surface area contributed by atoms with E-state index in [1.165, 1.54) is 12.1 Å². The van der Waals surface area contributed by atoms with Crippen LogP contribution in [-0.2, 0) is 9.31 Å². The largest absolute Gasteiger partial charge is 0.496 e. The van der Waals surface area contributed by atoms with Gasteiger partial charge in [0.25, 0.3) is 5.91 Å². The molecule has 6 nitrogen and oxygen atoms in total. The second-order valence-electron chi connectivity index (χ2n) is 9.28. The molecule has 1 aliphatic heterocycles. The molecule has 0 spiro atoms. The fraction of sp³-hybridized carbons (Fsp3) is 0.375. The fourth-order valence-electron chi connectivity index (χ4n) is 3.85. The van der Waals surface area contributed by atoms with Crippen molar-refractivity contribution in [2.75, 3.05) is 26.0 Å². The molecule has 1 amide bonds. The van der Waals surface area contributed by atoms with Crippen LogP contribution < -0.4 is 15.7 Å². The van der Waals surface area contributed by atoms with E-state index in [1.54, 1.807) is 19.2 Å². The predicted octanol–water partition coefficient (Wildman–Crippen LogP) is 3.96. The van der Waals surface area contributed by atoms with E-state index < -0.39 is 18.3 Å². The van der Waals surface area contributed by atoms with Gasteiger partial charge in [-0.3, -0.25) is 4.79 Å². The molecule has 8 heteroatoms. The number of hydrogen-bond acceptors (Lipinski definition) is 5. The van der Waals surface area contributed by atoms with Gasteiger partial charge < -0.3 is 23.9 Å². The van der Waals surface area contributed by atoms with Crippen molar-refractivity contribution < 1.29 is 22.9 Å². The van der Waals surface area contributed by atoms with Crippen molar-refractivity contribution in [2.24, 2.45) is 0 Å². The minimum atomic E-state index is -0.608. The average Bonchev–Trinajstić information content (AvgIpc) is 3.20. The normalized spacial score (nSPS) is 17.1. The van der Waals surface area contributed by atoms with Gasteiger partial charge in [-0.2, -0.15) is 0 Å². The number of nitrogens with one attached hydrogen (secondary N) is 1. The number of anilines is 1. The molecule has 1 aromatic heterocycles. The monoisotopic (exact) mass is 438 g/mol. The molecule has 0 unspecified atom stereocenters. The smallest absolute Gasteiger partial charge is 0.455 e. The zero-order chi connectivity index (χ0) is 23.4. The Hall–Kier alpha value is -2.84. The Morgan fingerprint density at radius 2 is 1.62 bits per heavy atom. The third kappa shape index (κ3) is 3.57. The van der Waals surface area contributed by atoms with Crippen LogP contribution >= 0.6 is 0 Å². The van der Waals surface area contributed by atoms with Gasteiger partial charge in [-0.15, -0.1) is 0 Å². The lowest BCUT2D eigenvalue weighted by molar-refractivity contribution is 0.00578. The van der Waals surface area contributed by atoms with Gasteiger partial charge in [-0.1, -0.05) is 0 Å². The Morgan fingerprint density at radius 1 is 1.03 bits per heavy atom. The van der Waals surface area contributed by atoms with Gasteiger partial charge in [-0.05, 0) is 58.0 Å². The van der Waals surface area contributed by atoms with Crippen molar-refractivity contribution in [1.29, 1.82) is 0 Å². The summed E-state index contributed by atoms with van der Waals surface area (Å²) in [6, 6.07) is 9.67. The van der Waals surface area contributed by atoms with Gasteiger partial charge in [-0.25, -0.2) is 4.39 Å². The van der Waals surface area contributed by atoms with Gasteiger partial charge in [0.05, 0.1) is 16.8 Å². The summed E-state index contributed by atoms with van der Waals surface area (Å²) < 4.78 is 32.2. The lowest BCUT2D eigenvalue weighted by Gasteiger charge is -2.32. The first-order valence-corrected chi connectivity index (χ1v) is 10.6. The molecule has 1 saturated heterocycles. The van der Waals surface area contributed by atoms with E-state index in [-0.39, 0.29) is 11.7 Å². The van der Waals surface area contributed by atoms with Crippen LogP contribution in [0.4, 0.5) is 10.1 Å². The maximum absolute atomic E-state index is 13.5. The first-order valence-electron chi connectivity index (χ1n) is 10.6. The Balaban J connectivity index is 1.96. The van der Waals surface area contributed by atoms with Crippen LogP contribution in [0.2, 0.25) is 0 Å². The van der Waals surface area contributed by atoms with Gasteiger partial charge >= 0.3 is 7.12 Å². The summed E-state index contributed by atoms with van der Waals surface area (Å²) in [6.45, 7) is 8.01. The lowest BCUT2D eigenvalue weighted by Crippen LogP contribution is -2.41. The number of hydrogen-bond donors (Lipinski definition) is 1. The molecule has 1 N–H and O–H groups in total. The number of benzene rings is 2. The molecule has 32 heavy (non-hydrogen) atoms. The van der Waals surface area contributed by atoms with Crippen molar-refractivity contribution in [1.82, 2.24) is 5.32 Å². The summed E-state index contributed by atoms with van der Waals surface area (Å²) in [5, 5.41) is 3.33.